The molecule has 0 bridgehead atoms. The van der Waals surface area contributed by atoms with Crippen LogP contribution in [0.3, 0.4) is 0 Å². The molecule has 0 aliphatic carbocycles. The van der Waals surface area contributed by atoms with E-state index in [0.29, 0.717) is 9.12 Å². The lowest BCUT2D eigenvalue weighted by molar-refractivity contribution is 0.607. The molecule has 14 heavy (non-hydrogen) atoms. The molecule has 1 unspecified atom stereocenters. The maximum Gasteiger partial charge on any atom is 0.0527 e. The van der Waals surface area contributed by atoms with Crippen LogP contribution in [0.25, 0.3) is 11.1 Å². The quantitative estimate of drug-likeness (QED) is 0.651. The minimum atomic E-state index is 0.611. The highest BCUT2D eigenvalue weighted by Crippen LogP contribution is 2.17. The van der Waals surface area contributed by atoms with Crippen LogP contribution in [0.4, 0.5) is 0 Å². The van der Waals surface area contributed by atoms with E-state index in [9.17, 15) is 0 Å². The van der Waals surface area contributed by atoms with Crippen LogP contribution in [-0.2, 0) is 4.57 Å². The van der Waals surface area contributed by atoms with Crippen molar-refractivity contribution in [2.45, 2.75) is 0 Å². The monoisotopic (exact) mass is 204 g/mol. The van der Waals surface area contributed by atoms with E-state index in [1.165, 1.54) is 11.1 Å². The summed E-state index contributed by atoms with van der Waals surface area (Å²) in [6.45, 7) is 0. The molecule has 0 N–H and O–H groups in total. The molecule has 2 heteroatoms. The van der Waals surface area contributed by atoms with Gasteiger partial charge >= 0.3 is 0 Å². The lowest BCUT2D eigenvalue weighted by atomic mass is 10.1. The molecule has 0 saturated carbocycles. The summed E-state index contributed by atoms with van der Waals surface area (Å²) in [5.74, 6) is 0. The van der Waals surface area contributed by atoms with E-state index < -0.39 is 0 Å². The molecule has 2 aromatic rings. The molecule has 0 amide bonds. The minimum absolute atomic E-state index is 0.611. The Balaban J connectivity index is 0.000000461. The Hall–Kier alpha value is -1.33. The van der Waals surface area contributed by atoms with Crippen LogP contribution in [0, 0.1) is 0 Å². The van der Waals surface area contributed by atoms with Gasteiger partial charge in [0.25, 0.3) is 0 Å². The fourth-order valence-electron chi connectivity index (χ4n) is 1.26. The third-order valence-corrected chi connectivity index (χ3v) is 1.88. The summed E-state index contributed by atoms with van der Waals surface area (Å²) < 4.78 is 8.28. The highest BCUT2D eigenvalue weighted by Gasteiger charge is 1.91. The summed E-state index contributed by atoms with van der Waals surface area (Å²) >= 11 is 0. The molecule has 2 aromatic carbocycles. The predicted molar refractivity (Wildman–Crippen MR) is 63.7 cm³/mol. The van der Waals surface area contributed by atoms with Gasteiger partial charge < -0.3 is 4.57 Å². The molecule has 0 radical (unpaired) electrons. The van der Waals surface area contributed by atoms with E-state index in [2.05, 4.69) is 48.5 Å². The normalized spacial score (nSPS) is 8.86. The van der Waals surface area contributed by atoms with Crippen molar-refractivity contribution in [3.05, 3.63) is 60.7 Å². The summed E-state index contributed by atoms with van der Waals surface area (Å²) in [6.07, 6.45) is 0. The lowest BCUT2D eigenvalue weighted by Gasteiger charge is -1.98. The topological polar surface area (TPSA) is 17.1 Å². The zero-order valence-corrected chi connectivity index (χ0v) is 9.30. The van der Waals surface area contributed by atoms with Gasteiger partial charge in [0.2, 0.25) is 0 Å². The minimum Gasteiger partial charge on any atom is -0.333 e. The van der Waals surface area contributed by atoms with Crippen molar-refractivity contribution in [2.75, 3.05) is 0 Å². The molecule has 0 heterocycles. The zero-order chi connectivity index (χ0) is 10.2. The molecule has 0 aliphatic heterocycles. The van der Waals surface area contributed by atoms with Crippen molar-refractivity contribution in [1.29, 1.82) is 0 Å². The van der Waals surface area contributed by atoms with Gasteiger partial charge in [0.15, 0.2) is 0 Å². The first-order chi connectivity index (χ1) is 6.97. The summed E-state index contributed by atoms with van der Waals surface area (Å²) in [5.41, 5.74) is 2.55. The SMILES string of the molecule is O=[PH3].c1ccc(-c2ccccc2)cc1. The molecule has 0 spiro atoms. The van der Waals surface area contributed by atoms with Crippen molar-refractivity contribution in [1.82, 2.24) is 0 Å². The smallest absolute Gasteiger partial charge is 0.0527 e. The highest BCUT2D eigenvalue weighted by atomic mass is 31.0. The average molecular weight is 204 g/mol. The van der Waals surface area contributed by atoms with Crippen LogP contribution in [-0.4, -0.2) is 0 Å². The second kappa shape index (κ2) is 6.17. The van der Waals surface area contributed by atoms with Gasteiger partial charge in [0, 0.05) is 0 Å². The van der Waals surface area contributed by atoms with Crippen LogP contribution in [0.2, 0.25) is 0 Å². The Bertz CT molecular complexity index is 321. The third-order valence-electron chi connectivity index (χ3n) is 1.88. The van der Waals surface area contributed by atoms with Gasteiger partial charge in [-0.1, -0.05) is 60.7 Å². The van der Waals surface area contributed by atoms with E-state index in [1.807, 2.05) is 12.1 Å². The Morgan fingerprint density at radius 2 is 0.857 bits per heavy atom. The summed E-state index contributed by atoms with van der Waals surface area (Å²) in [5, 5.41) is 0. The standard InChI is InChI=1S/C12H10.H3OP/c1-3-7-11(8-4-1)12-9-5-2-6-10-12;1-2/h1-10H;2H3. The third kappa shape index (κ3) is 2.86. The van der Waals surface area contributed by atoms with Gasteiger partial charge in [-0.25, -0.2) is 0 Å². The molecular formula is C12H13OP. The van der Waals surface area contributed by atoms with Gasteiger partial charge in [0.1, 0.15) is 0 Å². The molecule has 72 valence electrons. The van der Waals surface area contributed by atoms with Crippen molar-refractivity contribution in [2.24, 2.45) is 0 Å². The number of rotatable bonds is 1. The maximum atomic E-state index is 8.28. The molecule has 0 aliphatic rings. The first kappa shape index (κ1) is 10.7. The van der Waals surface area contributed by atoms with Gasteiger partial charge in [-0.3, -0.25) is 0 Å². The fourth-order valence-corrected chi connectivity index (χ4v) is 1.26. The van der Waals surface area contributed by atoms with Gasteiger partial charge in [-0.05, 0) is 11.1 Å². The molecular weight excluding hydrogens is 191 g/mol. The Morgan fingerprint density at radius 1 is 0.571 bits per heavy atom. The maximum absolute atomic E-state index is 8.28. The van der Waals surface area contributed by atoms with Gasteiger partial charge in [-0.15, -0.1) is 0 Å². The zero-order valence-electron chi connectivity index (χ0n) is 7.89. The largest absolute Gasteiger partial charge is 0.333 e. The fraction of sp³-hybridized carbons (Fsp3) is 0. The number of benzene rings is 2. The van der Waals surface area contributed by atoms with Crippen molar-refractivity contribution in [3.63, 3.8) is 0 Å². The number of hydrogen-bond donors (Lipinski definition) is 0. The second-order valence-electron chi connectivity index (χ2n) is 2.73. The highest BCUT2D eigenvalue weighted by molar-refractivity contribution is 7.00. The Morgan fingerprint density at radius 3 is 1.14 bits per heavy atom. The van der Waals surface area contributed by atoms with E-state index in [1.54, 1.807) is 0 Å². The van der Waals surface area contributed by atoms with Crippen LogP contribution in [0.1, 0.15) is 0 Å². The van der Waals surface area contributed by atoms with Gasteiger partial charge in [-0.2, -0.15) is 0 Å². The van der Waals surface area contributed by atoms with Gasteiger partial charge in [0.05, 0.1) is 9.12 Å². The predicted octanol–water partition coefficient (Wildman–Crippen LogP) is 3.29. The molecule has 2 rings (SSSR count). The Labute approximate surface area is 86.0 Å². The molecule has 0 aromatic heterocycles. The summed E-state index contributed by atoms with van der Waals surface area (Å²) in [4.78, 5) is 0. The van der Waals surface area contributed by atoms with E-state index >= 15 is 0 Å². The van der Waals surface area contributed by atoms with Crippen LogP contribution < -0.4 is 0 Å². The van der Waals surface area contributed by atoms with Crippen LogP contribution >= 0.6 is 9.12 Å². The number of hydrogen-bond acceptors (Lipinski definition) is 1. The van der Waals surface area contributed by atoms with Crippen LogP contribution in [0.15, 0.2) is 60.7 Å². The second-order valence-corrected chi connectivity index (χ2v) is 2.73. The van der Waals surface area contributed by atoms with Crippen molar-refractivity contribution in [3.8, 4) is 11.1 Å². The first-order valence-electron chi connectivity index (χ1n) is 4.36. The first-order valence-corrected chi connectivity index (χ1v) is 4.94. The summed E-state index contributed by atoms with van der Waals surface area (Å²) in [6, 6.07) is 20.8. The molecule has 0 fully saturated rings. The molecule has 1 nitrogen and oxygen atoms in total. The lowest BCUT2D eigenvalue weighted by Crippen LogP contribution is -1.73. The average Bonchev–Trinajstić information content (AvgIpc) is 2.34. The van der Waals surface area contributed by atoms with Crippen LogP contribution in [0.5, 0.6) is 0 Å². The van der Waals surface area contributed by atoms with E-state index in [4.69, 9.17) is 4.57 Å². The molecule has 1 atom stereocenters. The van der Waals surface area contributed by atoms with E-state index in [0.717, 1.165) is 0 Å². The summed E-state index contributed by atoms with van der Waals surface area (Å²) in [7, 11) is 0.611. The van der Waals surface area contributed by atoms with E-state index in [-0.39, 0.29) is 0 Å². The van der Waals surface area contributed by atoms with Crippen molar-refractivity contribution >= 4 is 9.12 Å². The molecule has 0 saturated heterocycles. The van der Waals surface area contributed by atoms with Crippen molar-refractivity contribution < 1.29 is 4.57 Å². The Kier molecular flexibility index (Phi) is 4.74.